The van der Waals surface area contributed by atoms with Crippen molar-refractivity contribution < 1.29 is 15.0 Å². The molecule has 5 rings (SSSR count). The minimum atomic E-state index is -1.16. The van der Waals surface area contributed by atoms with Gasteiger partial charge in [-0.2, -0.15) is 0 Å². The minimum absolute atomic E-state index is 0.114. The van der Waals surface area contributed by atoms with Gasteiger partial charge in [0.05, 0.1) is 0 Å². The van der Waals surface area contributed by atoms with Crippen molar-refractivity contribution in [3.63, 3.8) is 0 Å². The molecule has 0 radical (unpaired) electrons. The van der Waals surface area contributed by atoms with Crippen LogP contribution in [-0.2, 0) is 13.0 Å². The Morgan fingerprint density at radius 3 is 2.38 bits per heavy atom. The zero-order chi connectivity index (χ0) is 29.3. The normalized spacial score (nSPS) is 15.1. The molecule has 0 fully saturated rings. The van der Waals surface area contributed by atoms with E-state index < -0.39 is 5.97 Å². The largest absolute Gasteiger partial charge is 0.507 e. The zero-order valence-corrected chi connectivity index (χ0v) is 23.9. The molecular weight excluding hydrogens is 518 g/mol. The Labute approximate surface area is 248 Å². The predicted octanol–water partition coefficient (Wildman–Crippen LogP) is 7.68. The lowest BCUT2D eigenvalue weighted by Gasteiger charge is -2.30. The predicted molar refractivity (Wildman–Crippen MR) is 169 cm³/mol. The number of allylic oxidation sites excluding steroid dienone is 4. The van der Waals surface area contributed by atoms with Crippen molar-refractivity contribution in [2.45, 2.75) is 45.6 Å². The molecule has 3 aromatic rings. The number of hydrogen-bond donors (Lipinski definition) is 2. The molecule has 2 aliphatic rings. The second kappa shape index (κ2) is 13.6. The van der Waals surface area contributed by atoms with Gasteiger partial charge in [-0.3, -0.25) is 0 Å². The summed E-state index contributed by atoms with van der Waals surface area (Å²) in [4.78, 5) is 13.9. The Morgan fingerprint density at radius 2 is 1.69 bits per heavy atom. The van der Waals surface area contributed by atoms with Crippen molar-refractivity contribution in [1.82, 2.24) is 0 Å². The number of carbonyl (C=O) groups is 1. The van der Waals surface area contributed by atoms with Crippen LogP contribution in [0.25, 0.3) is 0 Å². The zero-order valence-electron chi connectivity index (χ0n) is 23.9. The molecule has 4 heteroatoms. The van der Waals surface area contributed by atoms with Gasteiger partial charge in [-0.25, -0.2) is 4.79 Å². The number of benzene rings is 3. The number of carboxylic acid groups (broad SMARTS) is 1. The number of nitrogens with zero attached hydrogens (tertiary/aromatic N) is 1. The van der Waals surface area contributed by atoms with Crippen LogP contribution in [0.2, 0.25) is 0 Å². The van der Waals surface area contributed by atoms with Gasteiger partial charge in [-0.15, -0.1) is 0 Å². The molecule has 2 aliphatic carbocycles. The van der Waals surface area contributed by atoms with Gasteiger partial charge in [0.15, 0.2) is 0 Å². The summed E-state index contributed by atoms with van der Waals surface area (Å²) in [6.07, 6.45) is 13.8. The second-order valence-corrected chi connectivity index (χ2v) is 10.8. The van der Waals surface area contributed by atoms with E-state index in [2.05, 4.69) is 90.1 Å². The third kappa shape index (κ3) is 7.22. The molecule has 0 aliphatic heterocycles. The molecule has 0 saturated carbocycles. The molecule has 0 amide bonds. The molecule has 0 spiro atoms. The fraction of sp³-hybridized carbons (Fsp3) is 0.237. The topological polar surface area (TPSA) is 60.8 Å². The van der Waals surface area contributed by atoms with E-state index in [-0.39, 0.29) is 11.3 Å². The van der Waals surface area contributed by atoms with E-state index in [1.165, 1.54) is 30.0 Å². The lowest BCUT2D eigenvalue weighted by Crippen LogP contribution is -2.27. The van der Waals surface area contributed by atoms with Crippen LogP contribution in [0.4, 0.5) is 5.69 Å². The smallest absolute Gasteiger partial charge is 0.339 e. The first-order valence-electron chi connectivity index (χ1n) is 14.6. The van der Waals surface area contributed by atoms with Crippen molar-refractivity contribution in [1.29, 1.82) is 0 Å². The number of carboxylic acids is 1. The summed E-state index contributed by atoms with van der Waals surface area (Å²) in [5.74, 6) is 11.8. The summed E-state index contributed by atoms with van der Waals surface area (Å²) in [6, 6.07) is 21.4. The maximum atomic E-state index is 11.8. The van der Waals surface area contributed by atoms with Gasteiger partial charge >= 0.3 is 5.97 Å². The lowest BCUT2D eigenvalue weighted by molar-refractivity contribution is 0.0693. The quantitative estimate of drug-likeness (QED) is 0.267. The highest BCUT2D eigenvalue weighted by Crippen LogP contribution is 2.33. The van der Waals surface area contributed by atoms with Crippen molar-refractivity contribution in [2.24, 2.45) is 5.92 Å². The monoisotopic (exact) mass is 553 g/mol. The molecular formula is C38H35NO3. The third-order valence-corrected chi connectivity index (χ3v) is 7.71. The second-order valence-electron chi connectivity index (χ2n) is 10.8. The molecule has 0 heterocycles. The average Bonchev–Trinajstić information content (AvgIpc) is 3.26. The molecule has 2 N–H and O–H groups in total. The fourth-order valence-electron chi connectivity index (χ4n) is 5.30. The van der Waals surface area contributed by atoms with Gasteiger partial charge in [0.2, 0.25) is 0 Å². The number of fused-ring (bicyclic) bond motifs is 1. The number of unbranched alkanes of at least 4 members (excludes halogenated alkanes) is 1. The Balaban J connectivity index is 1.37. The Hall–Kier alpha value is -4.93. The SMILES string of the molecule is CCCCc1ccc(C#Cc2ccc(CN(CC3=CC=CC4CCC#CC=C34)c3ccc(O)c(C(=O)O)c3)cc2)cc1. The third-order valence-electron chi connectivity index (χ3n) is 7.71. The Morgan fingerprint density at radius 1 is 0.976 bits per heavy atom. The van der Waals surface area contributed by atoms with Crippen LogP contribution in [-0.4, -0.2) is 22.7 Å². The van der Waals surface area contributed by atoms with Crippen molar-refractivity contribution in [3.8, 4) is 29.4 Å². The summed E-state index contributed by atoms with van der Waals surface area (Å²) in [5.41, 5.74) is 7.34. The molecule has 0 saturated heterocycles. The maximum Gasteiger partial charge on any atom is 0.339 e. The molecule has 0 aromatic heterocycles. The summed E-state index contributed by atoms with van der Waals surface area (Å²) in [7, 11) is 0. The van der Waals surface area contributed by atoms with Crippen LogP contribution in [0, 0.1) is 29.6 Å². The van der Waals surface area contributed by atoms with Crippen LogP contribution in [0.3, 0.4) is 0 Å². The van der Waals surface area contributed by atoms with E-state index in [0.717, 1.165) is 47.2 Å². The van der Waals surface area contributed by atoms with E-state index in [1.54, 1.807) is 12.1 Å². The first kappa shape index (κ1) is 28.6. The van der Waals surface area contributed by atoms with E-state index in [1.807, 2.05) is 18.2 Å². The molecule has 0 bridgehead atoms. The van der Waals surface area contributed by atoms with Gasteiger partial charge < -0.3 is 15.1 Å². The highest BCUT2D eigenvalue weighted by molar-refractivity contribution is 5.92. The molecule has 4 nitrogen and oxygen atoms in total. The standard InChI is InChI=1S/C38H35NO3/c1-2-3-8-28-13-15-29(16-14-28)17-18-30-19-21-31(22-20-30)26-39(34-23-24-37(40)36(25-34)38(41)42)27-33-11-7-10-32-9-5-4-6-12-35(32)33/h7,10-16,19-25,32,40H,2-3,5,8-9,26-27H2,1H3,(H,41,42). The number of aromatic hydroxyl groups is 1. The Kier molecular flexibility index (Phi) is 9.27. The number of anilines is 1. The number of aryl methyl sites for hydroxylation is 1. The summed E-state index contributed by atoms with van der Waals surface area (Å²) in [5, 5.41) is 19.8. The first-order valence-corrected chi connectivity index (χ1v) is 14.6. The van der Waals surface area contributed by atoms with Crippen molar-refractivity contribution in [3.05, 3.63) is 130 Å². The number of rotatable bonds is 9. The van der Waals surface area contributed by atoms with Crippen LogP contribution in [0.5, 0.6) is 5.75 Å². The highest BCUT2D eigenvalue weighted by Gasteiger charge is 2.22. The van der Waals surface area contributed by atoms with Crippen LogP contribution in [0.15, 0.2) is 102 Å². The highest BCUT2D eigenvalue weighted by atomic mass is 16.4. The van der Waals surface area contributed by atoms with Crippen molar-refractivity contribution >= 4 is 11.7 Å². The van der Waals surface area contributed by atoms with Gasteiger partial charge in [-0.05, 0) is 90.1 Å². The Bertz CT molecular complexity index is 1650. The molecule has 3 aromatic carbocycles. The molecule has 1 unspecified atom stereocenters. The summed E-state index contributed by atoms with van der Waals surface area (Å²) < 4.78 is 0. The van der Waals surface area contributed by atoms with Crippen molar-refractivity contribution in [2.75, 3.05) is 11.4 Å². The molecule has 1 atom stereocenters. The molecule has 210 valence electrons. The van der Waals surface area contributed by atoms with Gasteiger partial charge in [0.1, 0.15) is 11.3 Å². The lowest BCUT2D eigenvalue weighted by atomic mass is 9.85. The van der Waals surface area contributed by atoms with Crippen LogP contribution < -0.4 is 4.90 Å². The molecule has 42 heavy (non-hydrogen) atoms. The van der Waals surface area contributed by atoms with Crippen LogP contribution >= 0.6 is 0 Å². The first-order chi connectivity index (χ1) is 20.5. The van der Waals surface area contributed by atoms with Gasteiger partial charge in [0, 0.05) is 42.2 Å². The van der Waals surface area contributed by atoms with Gasteiger partial charge in [0.25, 0.3) is 0 Å². The number of phenols is 1. The van der Waals surface area contributed by atoms with Crippen LogP contribution in [0.1, 0.15) is 65.2 Å². The summed E-state index contributed by atoms with van der Waals surface area (Å²) in [6.45, 7) is 3.34. The van der Waals surface area contributed by atoms with Gasteiger partial charge in [-0.1, -0.05) is 79.5 Å². The summed E-state index contributed by atoms with van der Waals surface area (Å²) >= 11 is 0. The number of hydrogen-bond acceptors (Lipinski definition) is 3. The average molecular weight is 554 g/mol. The minimum Gasteiger partial charge on any atom is -0.507 e. The van der Waals surface area contributed by atoms with E-state index in [4.69, 9.17) is 0 Å². The fourth-order valence-corrected chi connectivity index (χ4v) is 5.30. The maximum absolute atomic E-state index is 11.8. The number of aromatic carboxylic acids is 1. The van der Waals surface area contributed by atoms with E-state index >= 15 is 0 Å². The van der Waals surface area contributed by atoms with E-state index in [0.29, 0.717) is 19.0 Å². The van der Waals surface area contributed by atoms with E-state index in [9.17, 15) is 15.0 Å².